The molecule has 39 heavy (non-hydrogen) atoms. The molecule has 2 saturated heterocycles. The van der Waals surface area contributed by atoms with Crippen molar-refractivity contribution >= 4 is 5.91 Å². The van der Waals surface area contributed by atoms with E-state index in [1.807, 2.05) is 18.2 Å². The molecule has 2 aromatic rings. The van der Waals surface area contributed by atoms with Crippen LogP contribution in [0.5, 0.6) is 11.5 Å². The highest BCUT2D eigenvalue weighted by Crippen LogP contribution is 2.47. The van der Waals surface area contributed by atoms with Gasteiger partial charge in [-0.25, -0.2) is 0 Å². The summed E-state index contributed by atoms with van der Waals surface area (Å²) in [6, 6.07) is 13.0. The Labute approximate surface area is 234 Å². The van der Waals surface area contributed by atoms with Gasteiger partial charge in [-0.1, -0.05) is 57.0 Å². The van der Waals surface area contributed by atoms with Crippen molar-refractivity contribution in [2.24, 2.45) is 5.92 Å². The Morgan fingerprint density at radius 2 is 1.90 bits per heavy atom. The van der Waals surface area contributed by atoms with Crippen LogP contribution in [0.1, 0.15) is 105 Å². The molecule has 0 bridgehead atoms. The van der Waals surface area contributed by atoms with E-state index in [4.69, 9.17) is 9.47 Å². The van der Waals surface area contributed by atoms with Gasteiger partial charge in [0.1, 0.15) is 0 Å². The number of piperidine rings is 2. The van der Waals surface area contributed by atoms with E-state index in [0.717, 1.165) is 69.5 Å². The zero-order chi connectivity index (χ0) is 27.2. The normalized spacial score (nSPS) is 23.2. The Bertz CT molecular complexity index is 1110. The fraction of sp³-hybridized carbons (Fsp3) is 0.606. The van der Waals surface area contributed by atoms with E-state index in [2.05, 4.69) is 54.5 Å². The van der Waals surface area contributed by atoms with Crippen LogP contribution >= 0.6 is 0 Å². The number of rotatable bonds is 11. The van der Waals surface area contributed by atoms with Crippen molar-refractivity contribution in [3.05, 3.63) is 58.7 Å². The first-order chi connectivity index (χ1) is 19.1. The van der Waals surface area contributed by atoms with Crippen LogP contribution in [-0.4, -0.2) is 49.7 Å². The van der Waals surface area contributed by atoms with Gasteiger partial charge in [-0.2, -0.15) is 0 Å². The Hall–Kier alpha value is -2.57. The summed E-state index contributed by atoms with van der Waals surface area (Å²) in [4.78, 5) is 17.0. The van der Waals surface area contributed by atoms with Crippen molar-refractivity contribution in [2.75, 3.05) is 32.8 Å². The van der Waals surface area contributed by atoms with Crippen molar-refractivity contribution in [1.82, 2.24) is 15.5 Å². The number of nitrogens with zero attached hydrogens (tertiary/aromatic N) is 1. The first-order valence-corrected chi connectivity index (χ1v) is 15.4. The van der Waals surface area contributed by atoms with E-state index >= 15 is 0 Å². The quantitative estimate of drug-likeness (QED) is 0.337. The highest BCUT2D eigenvalue weighted by molar-refractivity contribution is 6.00. The molecular formula is C33H47N3O3. The van der Waals surface area contributed by atoms with E-state index < -0.39 is 0 Å². The molecule has 1 amide bonds. The number of unbranched alkanes of at least 4 members (excludes halogenated alkanes) is 2. The molecule has 0 unspecified atom stereocenters. The van der Waals surface area contributed by atoms with Crippen molar-refractivity contribution in [3.63, 3.8) is 0 Å². The van der Waals surface area contributed by atoms with Crippen molar-refractivity contribution in [1.29, 1.82) is 0 Å². The fourth-order valence-corrected chi connectivity index (χ4v) is 6.65. The predicted molar refractivity (Wildman–Crippen MR) is 157 cm³/mol. The van der Waals surface area contributed by atoms with Gasteiger partial charge < -0.3 is 20.1 Å². The lowest BCUT2D eigenvalue weighted by molar-refractivity contribution is 0.0539. The minimum absolute atomic E-state index is 0.0596. The highest BCUT2D eigenvalue weighted by Gasteiger charge is 2.42. The summed E-state index contributed by atoms with van der Waals surface area (Å²) >= 11 is 0. The van der Waals surface area contributed by atoms with Gasteiger partial charge >= 0.3 is 0 Å². The SMILES string of the molecule is CCCCOc1cc2c(c(C(=O)N[C@H](C)c3ccccc3)c1OCCCC)[C@H]1C[C@@H]3NCCC[C@@H]3CN1CC2. The van der Waals surface area contributed by atoms with Crippen molar-refractivity contribution < 1.29 is 14.3 Å². The van der Waals surface area contributed by atoms with Gasteiger partial charge in [0, 0.05) is 25.2 Å². The van der Waals surface area contributed by atoms with E-state index in [1.54, 1.807) is 0 Å². The zero-order valence-corrected chi connectivity index (χ0v) is 24.1. The minimum Gasteiger partial charge on any atom is -0.490 e. The first kappa shape index (κ1) is 28.0. The molecule has 2 fully saturated rings. The molecular weight excluding hydrogens is 486 g/mol. The van der Waals surface area contributed by atoms with Gasteiger partial charge in [-0.05, 0) is 80.7 Å². The molecule has 3 aliphatic heterocycles. The molecule has 212 valence electrons. The molecule has 4 atom stereocenters. The number of hydrogen-bond donors (Lipinski definition) is 2. The largest absolute Gasteiger partial charge is 0.490 e. The summed E-state index contributed by atoms with van der Waals surface area (Å²) in [7, 11) is 0. The maximum atomic E-state index is 14.3. The number of benzene rings is 2. The van der Waals surface area contributed by atoms with Crippen LogP contribution in [0.15, 0.2) is 36.4 Å². The van der Waals surface area contributed by atoms with Crippen LogP contribution in [0, 0.1) is 5.92 Å². The molecule has 2 N–H and O–H groups in total. The second-order valence-electron chi connectivity index (χ2n) is 11.6. The number of carbonyl (C=O) groups excluding carboxylic acids is 1. The lowest BCUT2D eigenvalue weighted by Gasteiger charge is -2.49. The maximum absolute atomic E-state index is 14.3. The molecule has 3 aliphatic rings. The third-order valence-electron chi connectivity index (χ3n) is 8.86. The van der Waals surface area contributed by atoms with Gasteiger partial charge in [0.2, 0.25) is 0 Å². The van der Waals surface area contributed by atoms with Crippen molar-refractivity contribution in [2.45, 2.75) is 90.3 Å². The third-order valence-corrected chi connectivity index (χ3v) is 8.86. The number of ether oxygens (including phenoxy) is 2. The summed E-state index contributed by atoms with van der Waals surface area (Å²) in [5.74, 6) is 2.00. The monoisotopic (exact) mass is 533 g/mol. The average molecular weight is 534 g/mol. The molecule has 0 radical (unpaired) electrons. The molecule has 0 spiro atoms. The lowest BCUT2D eigenvalue weighted by atomic mass is 9.76. The number of carbonyl (C=O) groups is 1. The van der Waals surface area contributed by atoms with Gasteiger partial charge in [-0.3, -0.25) is 9.69 Å². The summed E-state index contributed by atoms with van der Waals surface area (Å²) < 4.78 is 12.8. The number of hydrogen-bond acceptors (Lipinski definition) is 5. The fourth-order valence-electron chi connectivity index (χ4n) is 6.65. The second-order valence-corrected chi connectivity index (χ2v) is 11.6. The van der Waals surface area contributed by atoms with E-state index in [9.17, 15) is 4.79 Å². The highest BCUT2D eigenvalue weighted by atomic mass is 16.5. The average Bonchev–Trinajstić information content (AvgIpc) is 2.96. The number of amides is 1. The number of fused-ring (bicyclic) bond motifs is 4. The molecule has 6 nitrogen and oxygen atoms in total. The van der Waals surface area contributed by atoms with Gasteiger partial charge in [-0.15, -0.1) is 0 Å². The molecule has 3 heterocycles. The Morgan fingerprint density at radius 1 is 1.13 bits per heavy atom. The van der Waals surface area contributed by atoms with Gasteiger partial charge in [0.05, 0.1) is 24.8 Å². The molecule has 0 aromatic heterocycles. The van der Waals surface area contributed by atoms with E-state index in [-0.39, 0.29) is 18.0 Å². The standard InChI is InChI=1S/C33H47N3O3/c1-4-6-18-38-29-20-25-15-17-36-22-26-14-11-16-34-27(26)21-28(36)30(25)31(32(29)39-19-7-5-2)33(37)35-23(3)24-12-9-8-10-13-24/h8-10,12-13,20,23,26-28,34H,4-7,11,14-19,21-22H2,1-3H3,(H,35,37)/t23-,26-,27+,28-/m1/s1. The number of nitrogens with one attached hydrogen (secondary N) is 2. The Kier molecular flexibility index (Phi) is 9.46. The smallest absolute Gasteiger partial charge is 0.256 e. The van der Waals surface area contributed by atoms with Crippen LogP contribution in [-0.2, 0) is 6.42 Å². The molecule has 5 rings (SSSR count). The minimum atomic E-state index is -0.113. The van der Waals surface area contributed by atoms with Crippen LogP contribution < -0.4 is 20.1 Å². The van der Waals surface area contributed by atoms with Crippen molar-refractivity contribution in [3.8, 4) is 11.5 Å². The predicted octanol–water partition coefficient (Wildman–Crippen LogP) is 6.21. The van der Waals surface area contributed by atoms with E-state index in [0.29, 0.717) is 36.5 Å². The maximum Gasteiger partial charge on any atom is 0.256 e. The zero-order valence-electron chi connectivity index (χ0n) is 24.1. The van der Waals surface area contributed by atoms with Crippen LogP contribution in [0.3, 0.4) is 0 Å². The van der Waals surface area contributed by atoms with Crippen LogP contribution in [0.4, 0.5) is 0 Å². The first-order valence-electron chi connectivity index (χ1n) is 15.4. The molecule has 6 heteroatoms. The molecule has 0 aliphatic carbocycles. The second kappa shape index (κ2) is 13.2. The summed E-state index contributed by atoms with van der Waals surface area (Å²) in [5, 5.41) is 7.14. The van der Waals surface area contributed by atoms with Gasteiger partial charge in [0.25, 0.3) is 5.91 Å². The van der Waals surface area contributed by atoms with Gasteiger partial charge in [0.15, 0.2) is 11.5 Å². The summed E-state index contributed by atoms with van der Waals surface area (Å²) in [5.41, 5.74) is 4.20. The van der Waals surface area contributed by atoms with E-state index in [1.165, 1.54) is 24.0 Å². The third kappa shape index (κ3) is 6.28. The summed E-state index contributed by atoms with van der Waals surface area (Å²) in [6.45, 7) is 10.8. The topological polar surface area (TPSA) is 62.8 Å². The Balaban J connectivity index is 1.56. The van der Waals surface area contributed by atoms with Crippen LogP contribution in [0.25, 0.3) is 0 Å². The molecule has 0 saturated carbocycles. The Morgan fingerprint density at radius 3 is 2.67 bits per heavy atom. The van der Waals surface area contributed by atoms with Crippen LogP contribution in [0.2, 0.25) is 0 Å². The lowest BCUT2D eigenvalue weighted by Crippen LogP contribution is -2.55. The molecule has 2 aromatic carbocycles. The summed E-state index contributed by atoms with van der Waals surface area (Å²) in [6.07, 6.45) is 8.54.